The van der Waals surface area contributed by atoms with Crippen molar-refractivity contribution in [3.63, 3.8) is 0 Å². The monoisotopic (exact) mass is 405 g/mol. The van der Waals surface area contributed by atoms with E-state index in [-0.39, 0.29) is 0 Å². The zero-order valence-corrected chi connectivity index (χ0v) is 18.3. The third kappa shape index (κ3) is 2.33. The van der Waals surface area contributed by atoms with Gasteiger partial charge >= 0.3 is 5.95 Å². The molecule has 3 aromatic heterocycles. The fraction of sp³-hybridized carbons (Fsp3) is 0.148. The Kier molecular flexibility index (Phi) is 3.69. The van der Waals surface area contributed by atoms with Crippen molar-refractivity contribution in [1.29, 1.82) is 0 Å². The number of aromatic nitrogens is 4. The topological polar surface area (TPSA) is 18.7 Å². The van der Waals surface area contributed by atoms with Crippen molar-refractivity contribution in [3.8, 4) is 11.6 Å². The van der Waals surface area contributed by atoms with Crippen molar-refractivity contribution < 1.29 is 4.57 Å². The first-order valence-corrected chi connectivity index (χ1v) is 10.7. The predicted octanol–water partition coefficient (Wildman–Crippen LogP) is 5.51. The number of fused-ring (bicyclic) bond motifs is 5. The van der Waals surface area contributed by atoms with Crippen molar-refractivity contribution in [2.45, 2.75) is 13.8 Å². The molecule has 6 rings (SSSR count). The second-order valence-electron chi connectivity index (χ2n) is 8.45. The van der Waals surface area contributed by atoms with Crippen LogP contribution in [0.2, 0.25) is 0 Å². The Bertz CT molecular complexity index is 1600. The van der Waals surface area contributed by atoms with Crippen LogP contribution in [-0.2, 0) is 14.1 Å². The van der Waals surface area contributed by atoms with Crippen LogP contribution in [0.15, 0.2) is 79.1 Å². The number of hydrogen-bond acceptors (Lipinski definition) is 0. The summed E-state index contributed by atoms with van der Waals surface area (Å²) in [5.74, 6) is 1.12. The minimum atomic E-state index is 1.12. The molecule has 0 aliphatic rings. The minimum Gasteiger partial charge on any atom is -0.317 e. The van der Waals surface area contributed by atoms with Gasteiger partial charge in [-0.2, -0.15) is 4.57 Å². The summed E-state index contributed by atoms with van der Waals surface area (Å²) in [7, 11) is 4.30. The average molecular weight is 406 g/mol. The molecule has 0 saturated carbocycles. The van der Waals surface area contributed by atoms with Crippen molar-refractivity contribution >= 4 is 32.8 Å². The molecule has 4 nitrogen and oxygen atoms in total. The number of imidazole rings is 1. The molecule has 0 aliphatic heterocycles. The Labute approximate surface area is 181 Å². The molecule has 0 radical (unpaired) electrons. The number of nitrogens with zero attached hydrogens (tertiary/aromatic N) is 4. The summed E-state index contributed by atoms with van der Waals surface area (Å²) < 4.78 is 9.28. The molecule has 0 bridgehead atoms. The highest BCUT2D eigenvalue weighted by molar-refractivity contribution is 6.21. The van der Waals surface area contributed by atoms with Crippen molar-refractivity contribution in [1.82, 2.24) is 13.7 Å². The molecular formula is C27H25N4+. The molecule has 6 aromatic rings. The Morgan fingerprint density at radius 2 is 1.35 bits per heavy atom. The average Bonchev–Trinajstić information content (AvgIpc) is 3.39. The molecule has 0 N–H and O–H groups in total. The first-order valence-electron chi connectivity index (χ1n) is 10.7. The smallest absolute Gasteiger partial charge is 0.317 e. The van der Waals surface area contributed by atoms with Crippen LogP contribution in [0.25, 0.3) is 44.5 Å². The summed E-state index contributed by atoms with van der Waals surface area (Å²) in [6.45, 7) is 4.37. The van der Waals surface area contributed by atoms with Crippen molar-refractivity contribution in [2.24, 2.45) is 14.1 Å². The molecule has 152 valence electrons. The van der Waals surface area contributed by atoms with Gasteiger partial charge in [0.15, 0.2) is 5.65 Å². The number of aryl methyl sites for hydroxylation is 4. The maximum absolute atomic E-state index is 2.41. The second-order valence-corrected chi connectivity index (χ2v) is 8.45. The van der Waals surface area contributed by atoms with Gasteiger partial charge in [-0.15, -0.1) is 0 Å². The van der Waals surface area contributed by atoms with Gasteiger partial charge < -0.3 is 4.57 Å². The van der Waals surface area contributed by atoms with Gasteiger partial charge in [0.2, 0.25) is 0 Å². The third-order valence-corrected chi connectivity index (χ3v) is 6.55. The number of rotatable bonds is 2. The maximum Gasteiger partial charge on any atom is 0.375 e. The van der Waals surface area contributed by atoms with Crippen molar-refractivity contribution in [2.75, 3.05) is 0 Å². The van der Waals surface area contributed by atoms with E-state index in [9.17, 15) is 0 Å². The highest BCUT2D eigenvalue weighted by atomic mass is 15.3. The van der Waals surface area contributed by atoms with E-state index < -0.39 is 0 Å². The van der Waals surface area contributed by atoms with E-state index in [1.807, 2.05) is 0 Å². The van der Waals surface area contributed by atoms with Crippen LogP contribution in [-0.4, -0.2) is 13.7 Å². The van der Waals surface area contributed by atoms with Crippen LogP contribution in [0.3, 0.4) is 0 Å². The molecule has 0 amide bonds. The zero-order chi connectivity index (χ0) is 21.3. The van der Waals surface area contributed by atoms with E-state index in [1.54, 1.807) is 0 Å². The fourth-order valence-electron chi connectivity index (χ4n) is 5.20. The lowest BCUT2D eigenvalue weighted by molar-refractivity contribution is -0.664. The van der Waals surface area contributed by atoms with Crippen LogP contribution in [0, 0.1) is 13.8 Å². The SMILES string of the molecule is Cc1cccc(C)c1-n1cc[n+](C)c1-n1c2ccccc2c2c3ccccc3n(C)c21. The summed E-state index contributed by atoms with van der Waals surface area (Å²) in [5, 5.41) is 3.88. The normalized spacial score (nSPS) is 11.9. The van der Waals surface area contributed by atoms with Crippen LogP contribution >= 0.6 is 0 Å². The van der Waals surface area contributed by atoms with E-state index >= 15 is 0 Å². The molecular weight excluding hydrogens is 380 g/mol. The highest BCUT2D eigenvalue weighted by Gasteiger charge is 2.29. The first kappa shape index (κ1) is 18.0. The molecule has 3 aromatic carbocycles. The lowest BCUT2D eigenvalue weighted by atomic mass is 10.1. The van der Waals surface area contributed by atoms with Gasteiger partial charge in [0.1, 0.15) is 17.4 Å². The standard InChI is InChI=1S/C27H25N4/c1-18-10-9-11-19(2)25(18)30-17-16-28(3)27(30)31-23-15-8-6-13-21(23)24-20-12-5-7-14-22(20)29(4)26(24)31/h5-17H,1-4H3/q+1. The lowest BCUT2D eigenvalue weighted by Crippen LogP contribution is -2.33. The summed E-state index contributed by atoms with van der Waals surface area (Å²) in [4.78, 5) is 0. The zero-order valence-electron chi connectivity index (χ0n) is 18.3. The Morgan fingerprint density at radius 1 is 0.742 bits per heavy atom. The number of para-hydroxylation sites is 3. The first-order chi connectivity index (χ1) is 15.1. The summed E-state index contributed by atoms with van der Waals surface area (Å²) in [6.07, 6.45) is 4.32. The van der Waals surface area contributed by atoms with E-state index in [0.717, 1.165) is 5.95 Å². The van der Waals surface area contributed by atoms with Crippen LogP contribution < -0.4 is 4.57 Å². The number of benzene rings is 3. The molecule has 0 atom stereocenters. The Hall–Kier alpha value is -3.79. The predicted molar refractivity (Wildman–Crippen MR) is 127 cm³/mol. The fourth-order valence-corrected chi connectivity index (χ4v) is 5.20. The summed E-state index contributed by atoms with van der Waals surface area (Å²) in [6, 6.07) is 23.9. The highest BCUT2D eigenvalue weighted by Crippen LogP contribution is 2.38. The molecule has 0 spiro atoms. The summed E-state index contributed by atoms with van der Waals surface area (Å²) in [5.41, 5.74) is 7.45. The van der Waals surface area contributed by atoms with Crippen LogP contribution in [0.1, 0.15) is 11.1 Å². The van der Waals surface area contributed by atoms with Gasteiger partial charge in [-0.05, 0) is 37.1 Å². The van der Waals surface area contributed by atoms with Gasteiger partial charge in [-0.25, -0.2) is 9.13 Å². The molecule has 31 heavy (non-hydrogen) atoms. The number of hydrogen-bond donors (Lipinski definition) is 0. The minimum absolute atomic E-state index is 1.12. The van der Waals surface area contributed by atoms with Gasteiger partial charge in [0.05, 0.1) is 24.1 Å². The van der Waals surface area contributed by atoms with Gasteiger partial charge in [-0.1, -0.05) is 54.6 Å². The van der Waals surface area contributed by atoms with E-state index in [2.05, 4.69) is 125 Å². The Balaban J connectivity index is 1.84. The van der Waals surface area contributed by atoms with Gasteiger partial charge in [-0.3, -0.25) is 0 Å². The Morgan fingerprint density at radius 3 is 2.06 bits per heavy atom. The van der Waals surface area contributed by atoms with E-state index in [4.69, 9.17) is 0 Å². The van der Waals surface area contributed by atoms with E-state index in [0.29, 0.717) is 0 Å². The molecule has 0 saturated heterocycles. The molecule has 4 heteroatoms. The van der Waals surface area contributed by atoms with Crippen molar-refractivity contribution in [3.05, 3.63) is 90.3 Å². The van der Waals surface area contributed by atoms with E-state index in [1.165, 1.54) is 49.7 Å². The molecule has 0 unspecified atom stereocenters. The van der Waals surface area contributed by atoms with Crippen LogP contribution in [0.5, 0.6) is 0 Å². The van der Waals surface area contributed by atoms with Gasteiger partial charge in [0.25, 0.3) is 0 Å². The second kappa shape index (κ2) is 6.35. The molecule has 0 fully saturated rings. The van der Waals surface area contributed by atoms with Gasteiger partial charge in [0, 0.05) is 17.8 Å². The quantitative estimate of drug-likeness (QED) is 0.339. The lowest BCUT2D eigenvalue weighted by Gasteiger charge is -2.11. The maximum atomic E-state index is 2.41. The molecule has 3 heterocycles. The molecule has 0 aliphatic carbocycles. The summed E-state index contributed by atoms with van der Waals surface area (Å²) >= 11 is 0. The largest absolute Gasteiger partial charge is 0.375 e. The van der Waals surface area contributed by atoms with Crippen LogP contribution in [0.4, 0.5) is 0 Å². The third-order valence-electron chi connectivity index (χ3n) is 6.55.